The second kappa shape index (κ2) is 10.9. The number of alkyl halides is 5. The molecule has 1 fully saturated rings. The third-order valence-electron chi connectivity index (χ3n) is 7.59. The molecule has 0 amide bonds. The minimum Gasteiger partial charge on any atom is -0.267 e. The second-order valence-electron chi connectivity index (χ2n) is 10.1. The van der Waals surface area contributed by atoms with Gasteiger partial charge in [-0.1, -0.05) is 30.3 Å². The highest BCUT2D eigenvalue weighted by Gasteiger charge is 2.34. The molecule has 5 rings (SSSR count). The number of nitrogens with zero attached hydrogens (tertiary/aromatic N) is 4. The number of benzene rings is 2. The van der Waals surface area contributed by atoms with Crippen LogP contribution in [0.5, 0.6) is 0 Å². The van der Waals surface area contributed by atoms with Gasteiger partial charge in [-0.25, -0.2) is 13.8 Å². The van der Waals surface area contributed by atoms with Crippen molar-refractivity contribution in [3.8, 4) is 11.3 Å². The summed E-state index contributed by atoms with van der Waals surface area (Å²) in [5, 5.41) is 7.90. The van der Waals surface area contributed by atoms with Crippen molar-refractivity contribution in [2.45, 2.75) is 63.7 Å². The maximum Gasteiger partial charge on any atom is 0.416 e. The zero-order valence-corrected chi connectivity index (χ0v) is 21.5. The van der Waals surface area contributed by atoms with Crippen LogP contribution in [0.4, 0.5) is 26.3 Å². The lowest BCUT2D eigenvalue weighted by Gasteiger charge is -2.30. The van der Waals surface area contributed by atoms with Crippen LogP contribution in [0, 0.1) is 12.7 Å². The molecule has 0 spiro atoms. The second-order valence-corrected chi connectivity index (χ2v) is 10.1. The van der Waals surface area contributed by atoms with Crippen LogP contribution in [0.1, 0.15) is 71.9 Å². The fourth-order valence-corrected chi connectivity index (χ4v) is 5.63. The van der Waals surface area contributed by atoms with Crippen LogP contribution < -0.4 is 5.56 Å². The Morgan fingerprint density at radius 1 is 1.00 bits per heavy atom. The van der Waals surface area contributed by atoms with Gasteiger partial charge in [0.25, 0.3) is 5.56 Å². The summed E-state index contributed by atoms with van der Waals surface area (Å²) in [4.78, 5) is 13.6. The average Bonchev–Trinajstić information content (AvgIpc) is 3.41. The third-order valence-corrected chi connectivity index (χ3v) is 7.59. The summed E-state index contributed by atoms with van der Waals surface area (Å²) < 4.78 is 83.3. The predicted octanol–water partition coefficient (Wildman–Crippen LogP) is 7.46. The number of hydrogen-bond donors (Lipinski definition) is 0. The number of aryl methyl sites for hydroxylation is 1. The fourth-order valence-electron chi connectivity index (χ4n) is 5.63. The molecule has 0 atom stereocenters. The van der Waals surface area contributed by atoms with Crippen molar-refractivity contribution in [2.24, 2.45) is 0 Å². The lowest BCUT2D eigenvalue weighted by atomic mass is 9.75. The highest BCUT2D eigenvalue weighted by Crippen LogP contribution is 2.42. The van der Waals surface area contributed by atoms with Gasteiger partial charge in [0.1, 0.15) is 5.82 Å². The minimum atomic E-state index is -4.64. The van der Waals surface area contributed by atoms with E-state index in [0.29, 0.717) is 41.5 Å². The van der Waals surface area contributed by atoms with Gasteiger partial charge in [0.15, 0.2) is 0 Å². The van der Waals surface area contributed by atoms with E-state index in [1.807, 2.05) is 13.0 Å². The molecule has 0 N–H and O–H groups in total. The Labute approximate surface area is 226 Å². The Hall–Kier alpha value is -3.89. The Bertz CT molecular complexity index is 1550. The first-order valence-corrected chi connectivity index (χ1v) is 12.9. The summed E-state index contributed by atoms with van der Waals surface area (Å²) in [6.07, 6.45) is -0.0589. The molecule has 0 unspecified atom stereocenters. The maximum absolute atomic E-state index is 14.6. The summed E-state index contributed by atoms with van der Waals surface area (Å²) in [5.74, 6) is -0.549. The van der Waals surface area contributed by atoms with Gasteiger partial charge < -0.3 is 0 Å². The molecule has 5 nitrogen and oxygen atoms in total. The van der Waals surface area contributed by atoms with Crippen LogP contribution >= 0.6 is 0 Å². The monoisotopic (exact) mass is 560 g/mol. The van der Waals surface area contributed by atoms with Gasteiger partial charge >= 0.3 is 12.7 Å². The molecule has 1 saturated carbocycles. The highest BCUT2D eigenvalue weighted by atomic mass is 19.4. The fraction of sp³-hybridized carbons (Fsp3) is 0.345. The van der Waals surface area contributed by atoms with Gasteiger partial charge in [0.2, 0.25) is 0 Å². The standard InChI is InChI=1S/C29H26F6N4O/c1-17-5-4-8-24(30)26(17)19-11-9-18(10-12-19)22-13-25(21-14-36-39(16-21)28(31)32)37-38(27(22)40)15-20-6-2-3-7-23(20)29(33,34)35/h2-8,13-14,16,18-19,28H,9-12,15H2,1H3. The summed E-state index contributed by atoms with van der Waals surface area (Å²) in [6.45, 7) is -1.49. The first-order valence-electron chi connectivity index (χ1n) is 12.9. The number of halogens is 6. The number of rotatable bonds is 6. The quantitative estimate of drug-likeness (QED) is 0.230. The zero-order valence-electron chi connectivity index (χ0n) is 21.5. The smallest absolute Gasteiger partial charge is 0.267 e. The molecule has 2 heterocycles. The van der Waals surface area contributed by atoms with E-state index in [-0.39, 0.29) is 34.5 Å². The van der Waals surface area contributed by atoms with Gasteiger partial charge in [0.05, 0.1) is 24.0 Å². The number of hydrogen-bond acceptors (Lipinski definition) is 3. The van der Waals surface area contributed by atoms with Crippen LogP contribution in [0.3, 0.4) is 0 Å². The largest absolute Gasteiger partial charge is 0.416 e. The van der Waals surface area contributed by atoms with Crippen LogP contribution in [-0.2, 0) is 12.7 Å². The van der Waals surface area contributed by atoms with Crippen molar-refractivity contribution in [1.29, 1.82) is 0 Å². The topological polar surface area (TPSA) is 52.7 Å². The molecule has 0 aliphatic heterocycles. The van der Waals surface area contributed by atoms with Crippen LogP contribution in [0.2, 0.25) is 0 Å². The summed E-state index contributed by atoms with van der Waals surface area (Å²) in [6, 6.07) is 11.4. The van der Waals surface area contributed by atoms with Gasteiger partial charge in [-0.2, -0.15) is 32.1 Å². The molecule has 40 heavy (non-hydrogen) atoms. The zero-order chi connectivity index (χ0) is 28.6. The molecule has 0 radical (unpaired) electrons. The van der Waals surface area contributed by atoms with Crippen molar-refractivity contribution >= 4 is 0 Å². The van der Waals surface area contributed by atoms with Gasteiger partial charge in [0, 0.05) is 17.3 Å². The van der Waals surface area contributed by atoms with Crippen LogP contribution in [0.25, 0.3) is 11.3 Å². The van der Waals surface area contributed by atoms with Crippen molar-refractivity contribution in [2.75, 3.05) is 0 Å². The van der Waals surface area contributed by atoms with E-state index >= 15 is 0 Å². The molecule has 1 aliphatic rings. The molecule has 4 aromatic rings. The van der Waals surface area contributed by atoms with Crippen LogP contribution in [0.15, 0.2) is 65.7 Å². The Kier molecular flexibility index (Phi) is 7.57. The van der Waals surface area contributed by atoms with Gasteiger partial charge in [-0.05, 0) is 79.3 Å². The Morgan fingerprint density at radius 2 is 1.70 bits per heavy atom. The molecule has 2 aromatic heterocycles. The highest BCUT2D eigenvalue weighted by molar-refractivity contribution is 5.57. The molecule has 1 aliphatic carbocycles. The molecular weight excluding hydrogens is 534 g/mol. The lowest BCUT2D eigenvalue weighted by Crippen LogP contribution is -2.30. The van der Waals surface area contributed by atoms with Gasteiger partial charge in [-0.15, -0.1) is 0 Å². The maximum atomic E-state index is 14.6. The molecule has 0 saturated heterocycles. The summed E-state index contributed by atoms with van der Waals surface area (Å²) >= 11 is 0. The van der Waals surface area contributed by atoms with E-state index < -0.39 is 30.4 Å². The van der Waals surface area contributed by atoms with Gasteiger partial charge in [-0.3, -0.25) is 4.79 Å². The summed E-state index contributed by atoms with van der Waals surface area (Å²) in [7, 11) is 0. The van der Waals surface area contributed by atoms with E-state index in [9.17, 15) is 31.1 Å². The van der Waals surface area contributed by atoms with Crippen molar-refractivity contribution < 1.29 is 26.3 Å². The van der Waals surface area contributed by atoms with Crippen molar-refractivity contribution in [1.82, 2.24) is 19.6 Å². The molecule has 210 valence electrons. The molecule has 0 bridgehead atoms. The lowest BCUT2D eigenvalue weighted by molar-refractivity contribution is -0.138. The third kappa shape index (κ3) is 5.55. The van der Waals surface area contributed by atoms with Crippen LogP contribution in [-0.4, -0.2) is 19.6 Å². The first-order chi connectivity index (χ1) is 19.0. The van der Waals surface area contributed by atoms with E-state index in [1.165, 1.54) is 36.5 Å². The Balaban J connectivity index is 1.52. The SMILES string of the molecule is Cc1cccc(F)c1C1CCC(c2cc(-c3cnn(C(F)F)c3)nn(Cc3ccccc3C(F)(F)F)c2=O)CC1. The normalized spacial score (nSPS) is 17.9. The van der Waals surface area contributed by atoms with E-state index in [1.54, 1.807) is 6.07 Å². The van der Waals surface area contributed by atoms with Crippen molar-refractivity contribution in [3.05, 3.63) is 105 Å². The Morgan fingerprint density at radius 3 is 2.35 bits per heavy atom. The molecular formula is C29H26F6N4O. The molecule has 11 heteroatoms. The summed E-state index contributed by atoms with van der Waals surface area (Å²) in [5.41, 5.74) is 0.633. The first kappa shape index (κ1) is 27.7. The van der Waals surface area contributed by atoms with E-state index in [0.717, 1.165) is 22.5 Å². The molecule has 2 aromatic carbocycles. The minimum absolute atomic E-state index is 0.0241. The van der Waals surface area contributed by atoms with E-state index in [4.69, 9.17) is 0 Å². The average molecular weight is 561 g/mol. The van der Waals surface area contributed by atoms with Crippen molar-refractivity contribution in [3.63, 3.8) is 0 Å². The predicted molar refractivity (Wildman–Crippen MR) is 137 cm³/mol. The van der Waals surface area contributed by atoms with E-state index in [2.05, 4.69) is 10.2 Å². The number of aromatic nitrogens is 4.